The third kappa shape index (κ3) is 4.59. The van der Waals surface area contributed by atoms with Gasteiger partial charge in [-0.15, -0.1) is 0 Å². The van der Waals surface area contributed by atoms with Crippen molar-refractivity contribution >= 4 is 15.7 Å². The molecule has 0 unspecified atom stereocenters. The lowest BCUT2D eigenvalue weighted by molar-refractivity contribution is -0.137. The first-order valence-electron chi connectivity index (χ1n) is 10.7. The minimum absolute atomic E-state index is 0.00532. The first-order chi connectivity index (χ1) is 15.6. The number of alkyl halides is 3. The SMILES string of the molecule is CNC(=O)C1(S(=O)(=O)c2ccc(Oc3ccc(C(F)(F)F)cc3)cc2)CCN(C2CC2)CC1. The van der Waals surface area contributed by atoms with Crippen LogP contribution in [0.2, 0.25) is 0 Å². The van der Waals surface area contributed by atoms with Gasteiger partial charge in [-0.25, -0.2) is 8.42 Å². The van der Waals surface area contributed by atoms with E-state index in [1.165, 1.54) is 43.4 Å². The number of amides is 1. The van der Waals surface area contributed by atoms with Crippen LogP contribution in [-0.2, 0) is 20.8 Å². The molecule has 0 atom stereocenters. The van der Waals surface area contributed by atoms with Gasteiger partial charge in [0.25, 0.3) is 0 Å². The smallest absolute Gasteiger partial charge is 0.416 e. The Hall–Kier alpha value is -2.59. The van der Waals surface area contributed by atoms with Crippen LogP contribution in [0.25, 0.3) is 0 Å². The van der Waals surface area contributed by atoms with Crippen molar-refractivity contribution in [1.29, 1.82) is 0 Å². The summed E-state index contributed by atoms with van der Waals surface area (Å²) in [5, 5.41) is 2.53. The van der Waals surface area contributed by atoms with Crippen LogP contribution >= 0.6 is 0 Å². The first kappa shape index (κ1) is 23.6. The number of piperidine rings is 1. The highest BCUT2D eigenvalue weighted by Gasteiger charge is 2.53. The molecule has 0 radical (unpaired) electrons. The molecule has 1 heterocycles. The monoisotopic (exact) mass is 482 g/mol. The number of carbonyl (C=O) groups is 1. The summed E-state index contributed by atoms with van der Waals surface area (Å²) in [5.74, 6) is -0.0535. The van der Waals surface area contributed by atoms with Crippen LogP contribution in [-0.4, -0.2) is 50.2 Å². The Kier molecular flexibility index (Phi) is 6.17. The van der Waals surface area contributed by atoms with Crippen molar-refractivity contribution < 1.29 is 31.1 Å². The van der Waals surface area contributed by atoms with E-state index in [-0.39, 0.29) is 29.2 Å². The summed E-state index contributed by atoms with van der Waals surface area (Å²) in [4.78, 5) is 15.0. The summed E-state index contributed by atoms with van der Waals surface area (Å²) in [6.07, 6.45) is -1.78. The number of benzene rings is 2. The topological polar surface area (TPSA) is 75.7 Å². The molecule has 2 fully saturated rings. The molecule has 33 heavy (non-hydrogen) atoms. The normalized spacial score (nSPS) is 19.2. The van der Waals surface area contributed by atoms with E-state index >= 15 is 0 Å². The fourth-order valence-electron chi connectivity index (χ4n) is 4.30. The van der Waals surface area contributed by atoms with E-state index < -0.39 is 32.2 Å². The lowest BCUT2D eigenvalue weighted by Gasteiger charge is -2.39. The zero-order valence-corrected chi connectivity index (χ0v) is 18.9. The molecule has 6 nitrogen and oxygen atoms in total. The van der Waals surface area contributed by atoms with Gasteiger partial charge in [-0.3, -0.25) is 4.79 Å². The van der Waals surface area contributed by atoms with Crippen LogP contribution in [0.1, 0.15) is 31.2 Å². The zero-order chi connectivity index (χ0) is 23.9. The van der Waals surface area contributed by atoms with Crippen LogP contribution in [0.4, 0.5) is 13.2 Å². The van der Waals surface area contributed by atoms with Gasteiger partial charge in [0.1, 0.15) is 11.5 Å². The summed E-state index contributed by atoms with van der Waals surface area (Å²) >= 11 is 0. The van der Waals surface area contributed by atoms with Crippen LogP contribution < -0.4 is 10.1 Å². The van der Waals surface area contributed by atoms with E-state index in [0.717, 1.165) is 25.0 Å². The predicted octanol–water partition coefficient (Wildman–Crippen LogP) is 4.01. The second-order valence-electron chi connectivity index (χ2n) is 8.44. The molecular weight excluding hydrogens is 457 g/mol. The highest BCUT2D eigenvalue weighted by atomic mass is 32.2. The van der Waals surface area contributed by atoms with Crippen molar-refractivity contribution in [3.05, 3.63) is 54.1 Å². The summed E-state index contributed by atoms with van der Waals surface area (Å²) in [6.45, 7) is 1.10. The number of hydrogen-bond acceptors (Lipinski definition) is 5. The molecule has 1 N–H and O–H groups in total. The van der Waals surface area contributed by atoms with Crippen molar-refractivity contribution in [2.45, 2.75) is 47.5 Å². The number of halogens is 3. The molecular formula is C23H25F3N2O4S. The van der Waals surface area contributed by atoms with E-state index in [9.17, 15) is 26.4 Å². The van der Waals surface area contributed by atoms with Crippen LogP contribution in [0.15, 0.2) is 53.4 Å². The third-order valence-corrected chi connectivity index (χ3v) is 8.89. The average molecular weight is 483 g/mol. The fraction of sp³-hybridized carbons (Fsp3) is 0.435. The van der Waals surface area contributed by atoms with Gasteiger partial charge in [0.2, 0.25) is 5.91 Å². The lowest BCUT2D eigenvalue weighted by atomic mass is 9.94. The van der Waals surface area contributed by atoms with Gasteiger partial charge < -0.3 is 15.0 Å². The molecule has 1 aliphatic heterocycles. The molecule has 4 rings (SSSR count). The number of carbonyl (C=O) groups excluding carboxylic acids is 1. The highest BCUT2D eigenvalue weighted by molar-refractivity contribution is 7.93. The number of nitrogens with one attached hydrogen (secondary N) is 1. The molecule has 1 aliphatic carbocycles. The molecule has 10 heteroatoms. The van der Waals surface area contributed by atoms with Gasteiger partial charge in [-0.1, -0.05) is 0 Å². The molecule has 1 saturated carbocycles. The molecule has 2 aromatic carbocycles. The van der Waals surface area contributed by atoms with Gasteiger partial charge >= 0.3 is 6.18 Å². The van der Waals surface area contributed by atoms with Crippen LogP contribution in [0.3, 0.4) is 0 Å². The second-order valence-corrected chi connectivity index (χ2v) is 10.7. The Labute approximate surface area is 190 Å². The Morgan fingerprint density at radius 3 is 1.97 bits per heavy atom. The number of nitrogens with zero attached hydrogens (tertiary/aromatic N) is 1. The van der Waals surface area contributed by atoms with E-state index in [2.05, 4.69) is 10.2 Å². The third-order valence-electron chi connectivity index (χ3n) is 6.38. The number of ether oxygens (including phenoxy) is 1. The molecule has 1 saturated heterocycles. The van der Waals surface area contributed by atoms with Crippen molar-refractivity contribution in [3.63, 3.8) is 0 Å². The highest BCUT2D eigenvalue weighted by Crippen LogP contribution is 2.40. The zero-order valence-electron chi connectivity index (χ0n) is 18.1. The molecule has 1 amide bonds. The molecule has 178 valence electrons. The van der Waals surface area contributed by atoms with Crippen LogP contribution in [0.5, 0.6) is 11.5 Å². The Morgan fingerprint density at radius 1 is 1.00 bits per heavy atom. The quantitative estimate of drug-likeness (QED) is 0.673. The van der Waals surface area contributed by atoms with Crippen molar-refractivity contribution in [2.75, 3.05) is 20.1 Å². The van der Waals surface area contributed by atoms with E-state index in [4.69, 9.17) is 4.74 Å². The summed E-state index contributed by atoms with van der Waals surface area (Å²) in [6, 6.07) is 10.3. The molecule has 2 aromatic rings. The number of rotatable bonds is 6. The standard InChI is InChI=1S/C23H25F3N2O4S/c1-27-21(29)22(12-14-28(15-13-22)17-4-5-17)33(30,31)20-10-8-19(9-11-20)32-18-6-2-16(3-7-18)23(24,25)26/h2-3,6-11,17H,4-5,12-15H2,1H3,(H,27,29). The minimum Gasteiger partial charge on any atom is -0.457 e. The van der Waals surface area contributed by atoms with Crippen LogP contribution in [0, 0.1) is 0 Å². The van der Waals surface area contributed by atoms with E-state index in [0.29, 0.717) is 19.1 Å². The summed E-state index contributed by atoms with van der Waals surface area (Å²) < 4.78 is 69.3. The van der Waals surface area contributed by atoms with Gasteiger partial charge in [-0.05, 0) is 74.2 Å². The summed E-state index contributed by atoms with van der Waals surface area (Å²) in [5.41, 5.74) is -0.788. The lowest BCUT2D eigenvalue weighted by Crippen LogP contribution is -2.57. The van der Waals surface area contributed by atoms with Crippen molar-refractivity contribution in [2.24, 2.45) is 0 Å². The number of sulfone groups is 1. The first-order valence-corrected chi connectivity index (χ1v) is 12.2. The van der Waals surface area contributed by atoms with Crippen molar-refractivity contribution in [3.8, 4) is 11.5 Å². The number of hydrogen-bond donors (Lipinski definition) is 1. The number of likely N-dealkylation sites (tertiary alicyclic amines) is 1. The predicted molar refractivity (Wildman–Crippen MR) is 116 cm³/mol. The fourth-order valence-corrected chi connectivity index (χ4v) is 6.31. The maximum atomic E-state index is 13.6. The molecule has 2 aliphatic rings. The van der Waals surface area contributed by atoms with Gasteiger partial charge in [-0.2, -0.15) is 13.2 Å². The minimum atomic E-state index is -4.44. The largest absolute Gasteiger partial charge is 0.457 e. The second kappa shape index (κ2) is 8.64. The Balaban J connectivity index is 1.53. The van der Waals surface area contributed by atoms with Gasteiger partial charge in [0.05, 0.1) is 10.5 Å². The van der Waals surface area contributed by atoms with Gasteiger partial charge in [0.15, 0.2) is 14.6 Å². The molecule has 0 spiro atoms. The average Bonchev–Trinajstić information content (AvgIpc) is 3.64. The Morgan fingerprint density at radius 2 is 1.52 bits per heavy atom. The molecule has 0 bridgehead atoms. The Bertz CT molecular complexity index is 1100. The summed E-state index contributed by atoms with van der Waals surface area (Å²) in [7, 11) is -2.56. The van der Waals surface area contributed by atoms with E-state index in [1.54, 1.807) is 0 Å². The van der Waals surface area contributed by atoms with E-state index in [1.807, 2.05) is 0 Å². The maximum absolute atomic E-state index is 13.6. The molecule has 0 aromatic heterocycles. The van der Waals surface area contributed by atoms with Gasteiger partial charge in [0, 0.05) is 26.2 Å². The van der Waals surface area contributed by atoms with Crippen molar-refractivity contribution in [1.82, 2.24) is 10.2 Å². The maximum Gasteiger partial charge on any atom is 0.416 e.